The van der Waals surface area contributed by atoms with Crippen molar-refractivity contribution in [1.82, 2.24) is 0 Å². The molecule has 0 aliphatic heterocycles. The van der Waals surface area contributed by atoms with Gasteiger partial charge in [-0.05, 0) is 43.5 Å². The summed E-state index contributed by atoms with van der Waals surface area (Å²) in [5.74, 6) is 5.63. The fourth-order valence-electron chi connectivity index (χ4n) is 2.86. The van der Waals surface area contributed by atoms with Crippen molar-refractivity contribution >= 4 is 11.6 Å². The number of amides is 1. The average molecular weight is 285 g/mol. The molecule has 0 unspecified atom stereocenters. The fourth-order valence-corrected chi connectivity index (χ4v) is 2.86. The highest BCUT2D eigenvalue weighted by Gasteiger charge is 2.34. The van der Waals surface area contributed by atoms with Crippen LogP contribution in [0.4, 0.5) is 5.69 Å². The van der Waals surface area contributed by atoms with E-state index in [2.05, 4.69) is 24.1 Å². The number of aryl methyl sites for hydroxylation is 1. The van der Waals surface area contributed by atoms with Crippen LogP contribution in [0.2, 0.25) is 0 Å². The highest BCUT2D eigenvalue weighted by molar-refractivity contribution is 5.95. The van der Waals surface area contributed by atoms with Crippen molar-refractivity contribution in [3.63, 3.8) is 0 Å². The van der Waals surface area contributed by atoms with E-state index in [1.807, 2.05) is 25.1 Å². The van der Waals surface area contributed by atoms with E-state index in [9.17, 15) is 4.79 Å². The Morgan fingerprint density at radius 3 is 2.67 bits per heavy atom. The van der Waals surface area contributed by atoms with Crippen molar-refractivity contribution in [3.8, 4) is 11.8 Å². The van der Waals surface area contributed by atoms with E-state index in [0.717, 1.165) is 42.5 Å². The van der Waals surface area contributed by atoms with Gasteiger partial charge in [0.2, 0.25) is 5.91 Å². The van der Waals surface area contributed by atoms with Gasteiger partial charge in [0.05, 0.1) is 0 Å². The zero-order valence-corrected chi connectivity index (χ0v) is 12.8. The second-order valence-electron chi connectivity index (χ2n) is 6.07. The molecule has 1 aromatic carbocycles. The number of aliphatic hydroxyl groups excluding tert-OH is 1. The molecule has 1 amide bonds. The van der Waals surface area contributed by atoms with Gasteiger partial charge in [0.25, 0.3) is 0 Å². The largest absolute Gasteiger partial charge is 0.384 e. The van der Waals surface area contributed by atoms with Crippen LogP contribution < -0.4 is 5.32 Å². The standard InChI is InChI=1S/C18H23NO2/c1-14-13-15(7-6-12-20)8-9-16(14)19-17(21)18(2)10-4-3-5-11-18/h8-9,13,20H,3-5,10-12H2,1-2H3,(H,19,21). The summed E-state index contributed by atoms with van der Waals surface area (Å²) < 4.78 is 0. The van der Waals surface area contributed by atoms with E-state index >= 15 is 0 Å². The first-order chi connectivity index (χ1) is 10.0. The van der Waals surface area contributed by atoms with Gasteiger partial charge in [0.1, 0.15) is 6.61 Å². The van der Waals surface area contributed by atoms with Crippen molar-refractivity contribution in [2.75, 3.05) is 11.9 Å². The lowest BCUT2D eigenvalue weighted by Crippen LogP contribution is -2.35. The number of aliphatic hydroxyl groups is 1. The Hall–Kier alpha value is -1.79. The van der Waals surface area contributed by atoms with E-state index in [4.69, 9.17) is 5.11 Å². The quantitative estimate of drug-likeness (QED) is 0.820. The average Bonchev–Trinajstić information content (AvgIpc) is 2.48. The topological polar surface area (TPSA) is 49.3 Å². The molecule has 0 atom stereocenters. The van der Waals surface area contributed by atoms with Gasteiger partial charge in [-0.1, -0.05) is 38.0 Å². The summed E-state index contributed by atoms with van der Waals surface area (Å²) in [4.78, 5) is 12.5. The summed E-state index contributed by atoms with van der Waals surface area (Å²) in [6.07, 6.45) is 5.45. The number of anilines is 1. The van der Waals surface area contributed by atoms with Gasteiger partial charge < -0.3 is 10.4 Å². The summed E-state index contributed by atoms with van der Waals surface area (Å²) in [7, 11) is 0. The van der Waals surface area contributed by atoms with Crippen molar-refractivity contribution in [3.05, 3.63) is 29.3 Å². The lowest BCUT2D eigenvalue weighted by atomic mass is 9.75. The Morgan fingerprint density at radius 2 is 2.05 bits per heavy atom. The van der Waals surface area contributed by atoms with Gasteiger partial charge in [-0.2, -0.15) is 0 Å². The van der Waals surface area contributed by atoms with Crippen molar-refractivity contribution in [2.45, 2.75) is 46.0 Å². The van der Waals surface area contributed by atoms with Gasteiger partial charge in [-0.3, -0.25) is 4.79 Å². The molecule has 0 spiro atoms. The Bertz CT molecular complexity index is 575. The first-order valence-electron chi connectivity index (χ1n) is 7.57. The zero-order chi connectivity index (χ0) is 15.3. The van der Waals surface area contributed by atoms with Crippen molar-refractivity contribution in [2.24, 2.45) is 5.41 Å². The number of carbonyl (C=O) groups is 1. The van der Waals surface area contributed by atoms with E-state index in [1.165, 1.54) is 6.42 Å². The van der Waals surface area contributed by atoms with E-state index in [0.29, 0.717) is 0 Å². The van der Waals surface area contributed by atoms with Crippen LogP contribution in [-0.4, -0.2) is 17.6 Å². The van der Waals surface area contributed by atoms with Crippen LogP contribution >= 0.6 is 0 Å². The normalized spacial score (nSPS) is 16.7. The SMILES string of the molecule is Cc1cc(C#CCO)ccc1NC(=O)C1(C)CCCCC1. The number of hydrogen-bond acceptors (Lipinski definition) is 2. The minimum atomic E-state index is -0.236. The smallest absolute Gasteiger partial charge is 0.230 e. The Morgan fingerprint density at radius 1 is 1.33 bits per heavy atom. The molecule has 0 bridgehead atoms. The first kappa shape index (κ1) is 15.6. The summed E-state index contributed by atoms with van der Waals surface area (Å²) in [5, 5.41) is 11.8. The molecule has 0 saturated heterocycles. The number of nitrogens with one attached hydrogen (secondary N) is 1. The van der Waals surface area contributed by atoms with E-state index < -0.39 is 0 Å². The number of carbonyl (C=O) groups excluding carboxylic acids is 1. The van der Waals surface area contributed by atoms with Gasteiger partial charge in [-0.15, -0.1) is 0 Å². The lowest BCUT2D eigenvalue weighted by Gasteiger charge is -2.32. The molecule has 0 radical (unpaired) electrons. The minimum Gasteiger partial charge on any atom is -0.384 e. The molecule has 21 heavy (non-hydrogen) atoms. The maximum absolute atomic E-state index is 12.5. The van der Waals surface area contributed by atoms with Gasteiger partial charge in [0, 0.05) is 16.7 Å². The third-order valence-corrected chi connectivity index (χ3v) is 4.29. The molecule has 112 valence electrons. The molecular weight excluding hydrogens is 262 g/mol. The van der Waals surface area contributed by atoms with Crippen LogP contribution in [0.1, 0.15) is 50.2 Å². The predicted octanol–water partition coefficient (Wildman–Crippen LogP) is 3.25. The van der Waals surface area contributed by atoms with Crippen LogP contribution in [0.15, 0.2) is 18.2 Å². The molecular formula is C18H23NO2. The maximum atomic E-state index is 12.5. The highest BCUT2D eigenvalue weighted by atomic mass is 16.2. The molecule has 1 aromatic rings. The van der Waals surface area contributed by atoms with E-state index in [1.54, 1.807) is 0 Å². The molecule has 0 heterocycles. The molecule has 2 N–H and O–H groups in total. The van der Waals surface area contributed by atoms with Gasteiger partial charge >= 0.3 is 0 Å². The Labute approximate surface area is 126 Å². The van der Waals surface area contributed by atoms with Crippen LogP contribution in [-0.2, 0) is 4.79 Å². The van der Waals surface area contributed by atoms with Crippen molar-refractivity contribution < 1.29 is 9.90 Å². The maximum Gasteiger partial charge on any atom is 0.230 e. The second kappa shape index (κ2) is 6.78. The highest BCUT2D eigenvalue weighted by Crippen LogP contribution is 2.37. The van der Waals surface area contributed by atoms with Gasteiger partial charge in [0.15, 0.2) is 0 Å². The molecule has 1 saturated carbocycles. The number of rotatable bonds is 2. The molecule has 2 rings (SSSR count). The summed E-state index contributed by atoms with van der Waals surface area (Å²) in [6, 6.07) is 5.69. The summed E-state index contributed by atoms with van der Waals surface area (Å²) >= 11 is 0. The van der Waals surface area contributed by atoms with E-state index in [-0.39, 0.29) is 17.9 Å². The zero-order valence-electron chi connectivity index (χ0n) is 12.8. The molecule has 1 aliphatic rings. The number of hydrogen-bond donors (Lipinski definition) is 2. The molecule has 3 heteroatoms. The Kier molecular flexibility index (Phi) is 5.03. The molecule has 3 nitrogen and oxygen atoms in total. The van der Waals surface area contributed by atoms with Crippen LogP contribution in [0, 0.1) is 24.2 Å². The molecule has 0 aromatic heterocycles. The fraction of sp³-hybridized carbons (Fsp3) is 0.500. The third kappa shape index (κ3) is 3.86. The van der Waals surface area contributed by atoms with Crippen molar-refractivity contribution in [1.29, 1.82) is 0 Å². The molecule has 1 fully saturated rings. The Balaban J connectivity index is 2.10. The first-order valence-corrected chi connectivity index (χ1v) is 7.57. The summed E-state index contributed by atoms with van der Waals surface area (Å²) in [5.41, 5.74) is 2.46. The predicted molar refractivity (Wildman–Crippen MR) is 85.0 cm³/mol. The van der Waals surface area contributed by atoms with Crippen LogP contribution in [0.5, 0.6) is 0 Å². The third-order valence-electron chi connectivity index (χ3n) is 4.29. The lowest BCUT2D eigenvalue weighted by molar-refractivity contribution is -0.126. The van der Waals surface area contributed by atoms with Crippen LogP contribution in [0.25, 0.3) is 0 Å². The monoisotopic (exact) mass is 285 g/mol. The minimum absolute atomic E-state index is 0.125. The van der Waals surface area contributed by atoms with Gasteiger partial charge in [-0.25, -0.2) is 0 Å². The second-order valence-corrected chi connectivity index (χ2v) is 6.07. The van der Waals surface area contributed by atoms with Crippen LogP contribution in [0.3, 0.4) is 0 Å². The molecule has 1 aliphatic carbocycles. The summed E-state index contributed by atoms with van der Waals surface area (Å²) in [6.45, 7) is 3.89. The number of benzene rings is 1.